The average molecular weight is 277 g/mol. The maximum absolute atomic E-state index is 12.2. The summed E-state index contributed by atoms with van der Waals surface area (Å²) < 4.78 is 1.10. The molecule has 9 heteroatoms. The number of hydrogen-bond donors (Lipinski definition) is 2. The van der Waals surface area contributed by atoms with Gasteiger partial charge in [-0.25, -0.2) is 4.98 Å². The van der Waals surface area contributed by atoms with Gasteiger partial charge in [-0.3, -0.25) is 24.3 Å². The maximum atomic E-state index is 12.2. The molecule has 0 aliphatic carbocycles. The number of primary amides is 1. The summed E-state index contributed by atoms with van der Waals surface area (Å²) in [6.45, 7) is -0.139. The summed E-state index contributed by atoms with van der Waals surface area (Å²) in [5.41, 5.74) is 10.1. The number of benzene rings is 1. The molecule has 2 rings (SSSR count). The van der Waals surface area contributed by atoms with Crippen molar-refractivity contribution >= 4 is 22.5 Å². The summed E-state index contributed by atoms with van der Waals surface area (Å²) in [5, 5.41) is 10.8. The van der Waals surface area contributed by atoms with Crippen molar-refractivity contribution in [2.24, 2.45) is 11.5 Å². The van der Waals surface area contributed by atoms with E-state index in [4.69, 9.17) is 11.5 Å². The fourth-order valence-corrected chi connectivity index (χ4v) is 1.69. The van der Waals surface area contributed by atoms with E-state index in [9.17, 15) is 19.7 Å². The molecule has 0 saturated heterocycles. The van der Waals surface area contributed by atoms with E-state index in [0.717, 1.165) is 10.6 Å². The molecule has 1 unspecified atom stereocenters. The second-order valence-corrected chi connectivity index (χ2v) is 4.17. The van der Waals surface area contributed by atoms with E-state index in [1.165, 1.54) is 18.5 Å². The van der Waals surface area contributed by atoms with Gasteiger partial charge >= 0.3 is 0 Å². The minimum atomic E-state index is -1.04. The summed E-state index contributed by atoms with van der Waals surface area (Å²) in [5.74, 6) is -0.754. The van der Waals surface area contributed by atoms with Crippen LogP contribution in [-0.4, -0.2) is 26.4 Å². The molecule has 2 aromatic rings. The second-order valence-electron chi connectivity index (χ2n) is 4.17. The van der Waals surface area contributed by atoms with Crippen molar-refractivity contribution in [2.75, 3.05) is 0 Å². The molecule has 1 aromatic heterocycles. The highest BCUT2D eigenvalue weighted by atomic mass is 16.6. The first-order valence-electron chi connectivity index (χ1n) is 5.58. The Morgan fingerprint density at radius 1 is 1.50 bits per heavy atom. The number of rotatable bonds is 4. The molecule has 0 saturated carbocycles. The van der Waals surface area contributed by atoms with Crippen LogP contribution in [0.4, 0.5) is 5.69 Å². The molecule has 0 aliphatic heterocycles. The van der Waals surface area contributed by atoms with Crippen molar-refractivity contribution in [1.82, 2.24) is 9.55 Å². The number of non-ortho nitro benzene ring substituents is 1. The standard InChI is InChI=1S/C11H11N5O4/c12-8(10(13)17)4-15-5-14-9-2-1-6(16(19)20)3-7(9)11(15)18/h1-3,5,8H,4,12H2,(H2,13,17). The van der Waals surface area contributed by atoms with Gasteiger partial charge in [0.15, 0.2) is 0 Å². The first-order valence-corrected chi connectivity index (χ1v) is 5.58. The van der Waals surface area contributed by atoms with Crippen molar-refractivity contribution in [1.29, 1.82) is 0 Å². The number of carbonyl (C=O) groups excluding carboxylic acids is 1. The SMILES string of the molecule is NC(=O)C(N)Cn1cnc2ccc([N+](=O)[O-])cc2c1=O. The predicted octanol–water partition coefficient (Wildman–Crippen LogP) is -0.883. The summed E-state index contributed by atoms with van der Waals surface area (Å²) >= 11 is 0. The third kappa shape index (κ3) is 2.47. The Hall–Kier alpha value is -2.81. The second kappa shape index (κ2) is 5.05. The highest BCUT2D eigenvalue weighted by Gasteiger charge is 2.14. The lowest BCUT2D eigenvalue weighted by Crippen LogP contribution is -2.42. The first-order chi connectivity index (χ1) is 9.40. The number of fused-ring (bicyclic) bond motifs is 1. The van der Waals surface area contributed by atoms with Crippen molar-refractivity contribution in [3.8, 4) is 0 Å². The zero-order valence-electron chi connectivity index (χ0n) is 10.2. The van der Waals surface area contributed by atoms with Crippen LogP contribution >= 0.6 is 0 Å². The van der Waals surface area contributed by atoms with Gasteiger partial charge in [0.1, 0.15) is 6.04 Å². The van der Waals surface area contributed by atoms with Crippen LogP contribution in [0.5, 0.6) is 0 Å². The van der Waals surface area contributed by atoms with E-state index in [2.05, 4.69) is 4.98 Å². The highest BCUT2D eigenvalue weighted by molar-refractivity contribution is 5.80. The van der Waals surface area contributed by atoms with Crippen LogP contribution in [0.15, 0.2) is 29.3 Å². The maximum Gasteiger partial charge on any atom is 0.270 e. The van der Waals surface area contributed by atoms with Crippen LogP contribution in [-0.2, 0) is 11.3 Å². The van der Waals surface area contributed by atoms with E-state index in [1.54, 1.807) is 0 Å². The van der Waals surface area contributed by atoms with Gasteiger partial charge in [-0.05, 0) is 6.07 Å². The zero-order valence-corrected chi connectivity index (χ0v) is 10.2. The molecule has 0 radical (unpaired) electrons. The molecule has 0 spiro atoms. The molecule has 0 aliphatic rings. The van der Waals surface area contributed by atoms with Crippen molar-refractivity contribution in [3.63, 3.8) is 0 Å². The molecular weight excluding hydrogens is 266 g/mol. The van der Waals surface area contributed by atoms with Gasteiger partial charge in [0, 0.05) is 12.1 Å². The molecule has 4 N–H and O–H groups in total. The number of nitrogens with two attached hydrogens (primary N) is 2. The minimum absolute atomic E-state index is 0.0818. The largest absolute Gasteiger partial charge is 0.368 e. The van der Waals surface area contributed by atoms with Gasteiger partial charge in [0.05, 0.1) is 28.7 Å². The average Bonchev–Trinajstić information content (AvgIpc) is 2.41. The van der Waals surface area contributed by atoms with Gasteiger partial charge in [0.2, 0.25) is 5.91 Å². The highest BCUT2D eigenvalue weighted by Crippen LogP contribution is 2.16. The van der Waals surface area contributed by atoms with Gasteiger partial charge in [0.25, 0.3) is 11.2 Å². The van der Waals surface area contributed by atoms with Gasteiger partial charge in [-0.15, -0.1) is 0 Å². The third-order valence-electron chi connectivity index (χ3n) is 2.78. The molecule has 0 bridgehead atoms. The Labute approximate surface area is 112 Å². The fraction of sp³-hybridized carbons (Fsp3) is 0.182. The van der Waals surface area contributed by atoms with E-state index in [1.807, 2.05) is 0 Å². The van der Waals surface area contributed by atoms with Gasteiger partial charge in [-0.1, -0.05) is 0 Å². The Balaban J connectivity index is 2.54. The number of nitrogens with zero attached hydrogens (tertiary/aromatic N) is 3. The molecule has 104 valence electrons. The number of aromatic nitrogens is 2. The monoisotopic (exact) mass is 277 g/mol. The third-order valence-corrected chi connectivity index (χ3v) is 2.78. The van der Waals surface area contributed by atoms with Crippen LogP contribution < -0.4 is 17.0 Å². The molecular formula is C11H11N5O4. The quantitative estimate of drug-likeness (QED) is 0.547. The number of nitro groups is 1. The summed E-state index contributed by atoms with van der Waals surface area (Å²) in [6.07, 6.45) is 1.22. The van der Waals surface area contributed by atoms with Crippen LogP contribution in [0, 0.1) is 10.1 Å². The van der Waals surface area contributed by atoms with Gasteiger partial charge in [-0.2, -0.15) is 0 Å². The summed E-state index contributed by atoms with van der Waals surface area (Å²) in [7, 11) is 0. The molecule has 1 aromatic carbocycles. The lowest BCUT2D eigenvalue weighted by Gasteiger charge is -2.10. The fourth-order valence-electron chi connectivity index (χ4n) is 1.69. The summed E-state index contributed by atoms with van der Waals surface area (Å²) in [6, 6.07) is 2.74. The first kappa shape index (κ1) is 13.6. The molecule has 0 fully saturated rings. The Morgan fingerprint density at radius 3 is 2.80 bits per heavy atom. The summed E-state index contributed by atoms with van der Waals surface area (Å²) in [4.78, 5) is 37.1. The van der Waals surface area contributed by atoms with E-state index >= 15 is 0 Å². The lowest BCUT2D eigenvalue weighted by atomic mass is 10.2. The zero-order chi connectivity index (χ0) is 14.9. The van der Waals surface area contributed by atoms with Crippen molar-refractivity contribution in [2.45, 2.75) is 12.6 Å². The van der Waals surface area contributed by atoms with Crippen molar-refractivity contribution in [3.05, 3.63) is 45.0 Å². The number of nitro benzene ring substituents is 1. The number of hydrogen-bond acceptors (Lipinski definition) is 6. The van der Waals surface area contributed by atoms with E-state index in [0.29, 0.717) is 5.52 Å². The molecule has 1 atom stereocenters. The van der Waals surface area contributed by atoms with Gasteiger partial charge < -0.3 is 11.5 Å². The Bertz CT molecular complexity index is 754. The van der Waals surface area contributed by atoms with E-state index in [-0.39, 0.29) is 17.6 Å². The van der Waals surface area contributed by atoms with E-state index < -0.39 is 22.4 Å². The minimum Gasteiger partial charge on any atom is -0.368 e. The van der Waals surface area contributed by atoms with Crippen LogP contribution in [0.2, 0.25) is 0 Å². The van der Waals surface area contributed by atoms with Crippen molar-refractivity contribution < 1.29 is 9.72 Å². The van der Waals surface area contributed by atoms with Crippen LogP contribution in [0.3, 0.4) is 0 Å². The molecule has 9 nitrogen and oxygen atoms in total. The smallest absolute Gasteiger partial charge is 0.270 e. The molecule has 20 heavy (non-hydrogen) atoms. The number of carbonyl (C=O) groups is 1. The predicted molar refractivity (Wildman–Crippen MR) is 69.8 cm³/mol. The topological polar surface area (TPSA) is 147 Å². The molecule has 1 heterocycles. The van der Waals surface area contributed by atoms with Crippen LogP contribution in [0.1, 0.15) is 0 Å². The Kier molecular flexibility index (Phi) is 3.44. The number of amides is 1. The molecule has 1 amide bonds. The normalized spacial score (nSPS) is 12.2. The lowest BCUT2D eigenvalue weighted by molar-refractivity contribution is -0.384. The van der Waals surface area contributed by atoms with Crippen LogP contribution in [0.25, 0.3) is 10.9 Å². The Morgan fingerprint density at radius 2 is 2.20 bits per heavy atom.